The molecule has 0 amide bonds. The van der Waals surface area contributed by atoms with Crippen LogP contribution in [-0.2, 0) is 20.6 Å². The summed E-state index contributed by atoms with van der Waals surface area (Å²) >= 11 is 3.52. The molecule has 8 nitrogen and oxygen atoms in total. The Balaban J connectivity index is 2.30. The molecule has 25 heavy (non-hydrogen) atoms. The summed E-state index contributed by atoms with van der Waals surface area (Å²) in [6.45, 7) is 3.92. The third-order valence-corrected chi connectivity index (χ3v) is 5.40. The Morgan fingerprint density at radius 1 is 1.36 bits per heavy atom. The Morgan fingerprint density at radius 3 is 2.72 bits per heavy atom. The molecule has 1 aliphatic rings. The first kappa shape index (κ1) is 17.9. The predicted molar refractivity (Wildman–Crippen MR) is 102 cm³/mol. The van der Waals surface area contributed by atoms with Crippen molar-refractivity contribution in [3.8, 4) is 0 Å². The van der Waals surface area contributed by atoms with Crippen molar-refractivity contribution in [1.29, 1.82) is 0 Å². The zero-order chi connectivity index (χ0) is 18.3. The molecule has 136 valence electrons. The second kappa shape index (κ2) is 6.80. The van der Waals surface area contributed by atoms with Gasteiger partial charge in [-0.05, 0) is 19.8 Å². The monoisotopic (exact) mass is 410 g/mol. The van der Waals surface area contributed by atoms with Gasteiger partial charge in [0.25, 0.3) is 5.56 Å². The highest BCUT2D eigenvalue weighted by Gasteiger charge is 2.25. The predicted octanol–water partition coefficient (Wildman–Crippen LogP) is 0.660. The number of rotatable bonds is 3. The van der Waals surface area contributed by atoms with Crippen molar-refractivity contribution < 1.29 is 0 Å². The van der Waals surface area contributed by atoms with Gasteiger partial charge in [0.2, 0.25) is 5.95 Å². The maximum atomic E-state index is 12.8. The van der Waals surface area contributed by atoms with Crippen LogP contribution < -0.4 is 21.9 Å². The summed E-state index contributed by atoms with van der Waals surface area (Å²) in [6, 6.07) is 0.0822. The molecule has 0 radical (unpaired) electrons. The van der Waals surface area contributed by atoms with E-state index in [1.807, 2.05) is 17.6 Å². The Bertz CT molecular complexity index is 954. The zero-order valence-electron chi connectivity index (χ0n) is 14.7. The number of nitrogens with zero attached hydrogens (tertiary/aromatic N) is 5. The highest BCUT2D eigenvalue weighted by molar-refractivity contribution is 9.11. The molecule has 1 saturated heterocycles. The minimum atomic E-state index is -0.380. The van der Waals surface area contributed by atoms with Gasteiger partial charge in [0, 0.05) is 37.7 Å². The van der Waals surface area contributed by atoms with Gasteiger partial charge < -0.3 is 10.6 Å². The number of allylic oxidation sites excluding steroid dienone is 2. The number of hydrogen-bond donors (Lipinski definition) is 1. The molecule has 1 fully saturated rings. The minimum Gasteiger partial charge on any atom is -0.341 e. The van der Waals surface area contributed by atoms with Crippen LogP contribution in [0.15, 0.2) is 20.1 Å². The van der Waals surface area contributed by atoms with Crippen LogP contribution >= 0.6 is 15.9 Å². The molecule has 2 aromatic heterocycles. The van der Waals surface area contributed by atoms with Crippen LogP contribution in [0.1, 0.15) is 19.8 Å². The summed E-state index contributed by atoms with van der Waals surface area (Å²) in [5.74, 6) is 0.683. The van der Waals surface area contributed by atoms with Gasteiger partial charge in [-0.25, -0.2) is 4.79 Å². The van der Waals surface area contributed by atoms with Crippen LogP contribution in [0.2, 0.25) is 0 Å². The van der Waals surface area contributed by atoms with Crippen molar-refractivity contribution >= 4 is 33.0 Å². The molecule has 3 heterocycles. The molecule has 9 heteroatoms. The number of fused-ring (bicyclic) bond motifs is 1. The summed E-state index contributed by atoms with van der Waals surface area (Å²) < 4.78 is 5.35. The molecule has 1 aliphatic heterocycles. The number of aromatic nitrogens is 4. The van der Waals surface area contributed by atoms with Gasteiger partial charge in [-0.15, -0.1) is 0 Å². The fourth-order valence-electron chi connectivity index (χ4n) is 3.26. The smallest absolute Gasteiger partial charge is 0.332 e. The number of aryl methyl sites for hydroxylation is 1. The molecule has 3 rings (SSSR count). The van der Waals surface area contributed by atoms with Crippen molar-refractivity contribution in [1.82, 2.24) is 18.7 Å². The van der Waals surface area contributed by atoms with Crippen LogP contribution in [0.25, 0.3) is 11.2 Å². The summed E-state index contributed by atoms with van der Waals surface area (Å²) in [5.41, 5.74) is 6.23. The number of imidazole rings is 1. The van der Waals surface area contributed by atoms with E-state index in [4.69, 9.17) is 5.73 Å². The third kappa shape index (κ3) is 3.06. The number of nitrogens with two attached hydrogens (primary N) is 1. The quantitative estimate of drug-likeness (QED) is 0.802. The van der Waals surface area contributed by atoms with Crippen LogP contribution in [0.3, 0.4) is 0 Å². The van der Waals surface area contributed by atoms with Gasteiger partial charge in [0.15, 0.2) is 11.2 Å². The largest absolute Gasteiger partial charge is 0.341 e. The lowest BCUT2D eigenvalue weighted by Crippen LogP contribution is -2.44. The van der Waals surface area contributed by atoms with Gasteiger partial charge in [0.1, 0.15) is 0 Å². The maximum Gasteiger partial charge on any atom is 0.332 e. The number of halogens is 1. The van der Waals surface area contributed by atoms with Crippen molar-refractivity contribution in [3.63, 3.8) is 0 Å². The Morgan fingerprint density at radius 2 is 2.08 bits per heavy atom. The van der Waals surface area contributed by atoms with E-state index in [2.05, 4.69) is 25.8 Å². The molecule has 0 saturated carbocycles. The molecule has 0 spiro atoms. The summed E-state index contributed by atoms with van der Waals surface area (Å²) in [6.07, 6.45) is 3.89. The van der Waals surface area contributed by atoms with Crippen molar-refractivity contribution in [3.05, 3.63) is 31.4 Å². The van der Waals surface area contributed by atoms with E-state index in [-0.39, 0.29) is 17.3 Å². The van der Waals surface area contributed by atoms with Gasteiger partial charge >= 0.3 is 5.69 Å². The van der Waals surface area contributed by atoms with E-state index >= 15 is 0 Å². The van der Waals surface area contributed by atoms with Gasteiger partial charge in [0.05, 0.1) is 6.54 Å². The maximum absolute atomic E-state index is 12.8. The van der Waals surface area contributed by atoms with Gasteiger partial charge in [-0.3, -0.25) is 18.5 Å². The third-order valence-electron chi connectivity index (χ3n) is 4.69. The van der Waals surface area contributed by atoms with Crippen molar-refractivity contribution in [2.24, 2.45) is 19.8 Å². The molecule has 2 N–H and O–H groups in total. The van der Waals surface area contributed by atoms with Gasteiger partial charge in [-0.2, -0.15) is 4.98 Å². The lowest BCUT2D eigenvalue weighted by molar-refractivity contribution is 0.495. The zero-order valence-corrected chi connectivity index (χ0v) is 16.3. The van der Waals surface area contributed by atoms with Crippen molar-refractivity contribution in [2.45, 2.75) is 32.4 Å². The van der Waals surface area contributed by atoms with Crippen LogP contribution in [0.5, 0.6) is 0 Å². The standard InChI is InChI=1S/C16H23BrN6O2/c1-4-10(17)8-23-12-13(20(2)16(25)21(3)14(12)24)19-15(23)22-7-5-6-11(18)9-22/h4,11H,5-9,18H2,1-3H3/b10-4-. The second-order valence-electron chi connectivity index (χ2n) is 6.46. The van der Waals surface area contributed by atoms with E-state index < -0.39 is 0 Å². The fraction of sp³-hybridized carbons (Fsp3) is 0.562. The Labute approximate surface area is 153 Å². The molecule has 0 aromatic carbocycles. The summed E-state index contributed by atoms with van der Waals surface area (Å²) in [4.78, 5) is 31.8. The Hall–Kier alpha value is -1.87. The fourth-order valence-corrected chi connectivity index (χ4v) is 3.51. The minimum absolute atomic E-state index is 0.0822. The first-order chi connectivity index (χ1) is 11.8. The normalized spacial score (nSPS) is 19.0. The Kier molecular flexibility index (Phi) is 4.88. The first-order valence-corrected chi connectivity index (χ1v) is 9.12. The van der Waals surface area contributed by atoms with E-state index in [1.165, 1.54) is 11.6 Å². The second-order valence-corrected chi connectivity index (χ2v) is 7.48. The van der Waals surface area contributed by atoms with E-state index in [0.717, 1.165) is 28.4 Å². The molecule has 1 atom stereocenters. The molecule has 0 bridgehead atoms. The topological polar surface area (TPSA) is 91.1 Å². The summed E-state index contributed by atoms with van der Waals surface area (Å²) in [7, 11) is 3.13. The van der Waals surface area contributed by atoms with Crippen molar-refractivity contribution in [2.75, 3.05) is 18.0 Å². The summed E-state index contributed by atoms with van der Waals surface area (Å²) in [5, 5.41) is 0. The van der Waals surface area contributed by atoms with E-state index in [0.29, 0.717) is 30.2 Å². The van der Waals surface area contributed by atoms with E-state index in [1.54, 1.807) is 7.05 Å². The molecule has 0 aliphatic carbocycles. The van der Waals surface area contributed by atoms with Crippen LogP contribution in [-0.4, -0.2) is 37.8 Å². The van der Waals surface area contributed by atoms with Gasteiger partial charge in [-0.1, -0.05) is 22.0 Å². The number of piperidine rings is 1. The molecular weight excluding hydrogens is 388 g/mol. The van der Waals surface area contributed by atoms with E-state index in [9.17, 15) is 9.59 Å². The lowest BCUT2D eigenvalue weighted by atomic mass is 10.1. The molecule has 2 aromatic rings. The highest BCUT2D eigenvalue weighted by Crippen LogP contribution is 2.25. The molecule has 1 unspecified atom stereocenters. The van der Waals surface area contributed by atoms with Crippen LogP contribution in [0.4, 0.5) is 5.95 Å². The number of hydrogen-bond acceptors (Lipinski definition) is 5. The SMILES string of the molecule is C/C=C(\Br)Cn1c(N2CCCC(N)C2)nc2c1c(=O)n(C)c(=O)n2C. The number of anilines is 1. The first-order valence-electron chi connectivity index (χ1n) is 8.32. The molecular formula is C16H23BrN6O2. The highest BCUT2D eigenvalue weighted by atomic mass is 79.9. The van der Waals surface area contributed by atoms with Crippen LogP contribution in [0, 0.1) is 0 Å². The lowest BCUT2D eigenvalue weighted by Gasteiger charge is -2.31. The average molecular weight is 411 g/mol. The average Bonchev–Trinajstić information content (AvgIpc) is 2.97.